The summed E-state index contributed by atoms with van der Waals surface area (Å²) in [6.45, 7) is 2.95. The Hall–Kier alpha value is -0.500. The van der Waals surface area contributed by atoms with Gasteiger partial charge in [0.05, 0.1) is 6.20 Å². The van der Waals surface area contributed by atoms with Crippen LogP contribution in [0.3, 0.4) is 0 Å². The third-order valence-corrected chi connectivity index (χ3v) is 0.718. The molecule has 2 nitrogen and oxygen atoms in total. The molecule has 0 aliphatic carbocycles. The molecule has 0 saturated heterocycles. The van der Waals surface area contributed by atoms with E-state index in [1.807, 2.05) is 6.92 Å². The van der Waals surface area contributed by atoms with Gasteiger partial charge in [-0.25, -0.2) is 5.43 Å². The predicted octanol–water partition coefficient (Wildman–Crippen LogP) is -0.199. The van der Waals surface area contributed by atoms with Gasteiger partial charge in [0.1, 0.15) is 0 Å². The van der Waals surface area contributed by atoms with E-state index in [-0.39, 0.29) is 0 Å². The maximum atomic E-state index is 2.88. The maximum absolute atomic E-state index is 2.88. The van der Waals surface area contributed by atoms with Crippen molar-refractivity contribution in [2.45, 2.75) is 6.92 Å². The van der Waals surface area contributed by atoms with Gasteiger partial charge in [0.25, 0.3) is 0 Å². The molecule has 0 saturated carbocycles. The molecule has 0 aromatic rings. The van der Waals surface area contributed by atoms with Crippen LogP contribution in [0.25, 0.3) is 0 Å². The summed E-state index contributed by atoms with van der Waals surface area (Å²) in [5.74, 6) is 0. The van der Waals surface area contributed by atoms with Crippen molar-refractivity contribution in [3.05, 3.63) is 11.8 Å². The largest absolute Gasteiger partial charge is 0.319 e. The normalized spacial score (nSPS) is 19.8. The summed E-state index contributed by atoms with van der Waals surface area (Å²) in [5.41, 5.74) is 6.84. The molecule has 1 heterocycles. The summed E-state index contributed by atoms with van der Waals surface area (Å²) in [7, 11) is 0. The Morgan fingerprint density at radius 3 is 2.83 bits per heavy atom. The van der Waals surface area contributed by atoms with E-state index in [1.54, 1.807) is 0 Å². The van der Waals surface area contributed by atoms with Crippen LogP contribution >= 0.6 is 0 Å². The van der Waals surface area contributed by atoms with Crippen LogP contribution in [-0.2, 0) is 0 Å². The second kappa shape index (κ2) is 1.30. The zero-order valence-corrected chi connectivity index (χ0v) is 3.71. The highest BCUT2D eigenvalue weighted by molar-refractivity contribution is 4.96. The third kappa shape index (κ3) is 0.518. The van der Waals surface area contributed by atoms with E-state index in [0.717, 1.165) is 6.54 Å². The van der Waals surface area contributed by atoms with Crippen molar-refractivity contribution < 1.29 is 0 Å². The van der Waals surface area contributed by atoms with Crippen molar-refractivity contribution in [2.75, 3.05) is 6.54 Å². The molecule has 0 fully saturated rings. The Bertz CT molecular complexity index is 75.6. The first-order valence-electron chi connectivity index (χ1n) is 1.96. The number of rotatable bonds is 0. The molecule has 0 spiro atoms. The van der Waals surface area contributed by atoms with Crippen LogP contribution in [0.5, 0.6) is 0 Å². The number of hydrogen-bond donors (Lipinski definition) is 2. The summed E-state index contributed by atoms with van der Waals surface area (Å²) >= 11 is 0. The lowest BCUT2D eigenvalue weighted by molar-refractivity contribution is 0.712. The molecule has 33 valence electrons. The first-order chi connectivity index (χ1) is 2.89. The molecule has 2 N–H and O–H groups in total. The first kappa shape index (κ1) is 3.68. The van der Waals surface area contributed by atoms with Gasteiger partial charge in [-0.2, -0.15) is 0 Å². The maximum Gasteiger partial charge on any atom is 0.0736 e. The predicted molar refractivity (Wildman–Crippen MR) is 23.6 cm³/mol. The van der Waals surface area contributed by atoms with Crippen LogP contribution in [-0.4, -0.2) is 6.54 Å². The Morgan fingerprint density at radius 1 is 1.83 bits per heavy atom. The van der Waals surface area contributed by atoms with Crippen LogP contribution in [0.15, 0.2) is 5.57 Å². The zero-order chi connectivity index (χ0) is 4.41. The van der Waals surface area contributed by atoms with Crippen LogP contribution in [0.1, 0.15) is 6.92 Å². The Kier molecular flexibility index (Phi) is 0.801. The molecule has 1 radical (unpaired) electrons. The lowest BCUT2D eigenvalue weighted by Gasteiger charge is -1.84. The average molecular weight is 83.1 g/mol. The van der Waals surface area contributed by atoms with Gasteiger partial charge in [0.15, 0.2) is 0 Å². The summed E-state index contributed by atoms with van der Waals surface area (Å²) in [6.07, 6.45) is 2.88. The minimum atomic E-state index is 0.931. The lowest BCUT2D eigenvalue weighted by Crippen LogP contribution is -2.20. The van der Waals surface area contributed by atoms with Crippen molar-refractivity contribution in [1.29, 1.82) is 0 Å². The second-order valence-electron chi connectivity index (χ2n) is 1.38. The summed E-state index contributed by atoms with van der Waals surface area (Å²) in [6, 6.07) is 0. The molecular weight excluding hydrogens is 76.1 g/mol. The van der Waals surface area contributed by atoms with Crippen molar-refractivity contribution in [3.63, 3.8) is 0 Å². The van der Waals surface area contributed by atoms with Gasteiger partial charge in [-0.05, 0) is 12.5 Å². The van der Waals surface area contributed by atoms with Gasteiger partial charge < -0.3 is 5.43 Å². The highest BCUT2D eigenvalue weighted by Gasteiger charge is 1.92. The number of hydrazine groups is 1. The summed E-state index contributed by atoms with van der Waals surface area (Å²) in [4.78, 5) is 0. The topological polar surface area (TPSA) is 24.1 Å². The average Bonchev–Trinajstić information content (AvgIpc) is 1.86. The van der Waals surface area contributed by atoms with E-state index in [1.165, 1.54) is 5.57 Å². The van der Waals surface area contributed by atoms with E-state index in [2.05, 4.69) is 17.1 Å². The Balaban J connectivity index is 2.45. The smallest absolute Gasteiger partial charge is 0.0736 e. The van der Waals surface area contributed by atoms with Gasteiger partial charge in [0, 0.05) is 6.54 Å². The molecule has 0 atom stereocenters. The van der Waals surface area contributed by atoms with Crippen LogP contribution < -0.4 is 10.9 Å². The van der Waals surface area contributed by atoms with Gasteiger partial charge >= 0.3 is 0 Å². The molecule has 1 aliphatic heterocycles. The third-order valence-electron chi connectivity index (χ3n) is 0.718. The van der Waals surface area contributed by atoms with Gasteiger partial charge in [-0.15, -0.1) is 0 Å². The fraction of sp³-hybridized carbons (Fsp3) is 0.500. The van der Waals surface area contributed by atoms with Gasteiger partial charge in [-0.3, -0.25) is 0 Å². The number of nitrogens with one attached hydrogen (secondary N) is 2. The molecule has 0 unspecified atom stereocenters. The molecule has 6 heavy (non-hydrogen) atoms. The van der Waals surface area contributed by atoms with Crippen molar-refractivity contribution in [3.8, 4) is 0 Å². The summed E-state index contributed by atoms with van der Waals surface area (Å²) in [5, 5.41) is 0. The van der Waals surface area contributed by atoms with Crippen LogP contribution in [0.4, 0.5) is 0 Å². The first-order valence-corrected chi connectivity index (χ1v) is 1.96. The van der Waals surface area contributed by atoms with Crippen molar-refractivity contribution in [2.24, 2.45) is 0 Å². The van der Waals surface area contributed by atoms with E-state index in [4.69, 9.17) is 0 Å². The SMILES string of the molecule is CC1=[C]NNC1. The van der Waals surface area contributed by atoms with Crippen LogP contribution in [0.2, 0.25) is 0 Å². The van der Waals surface area contributed by atoms with Gasteiger partial charge in [-0.1, -0.05) is 0 Å². The molecule has 2 heteroatoms. The van der Waals surface area contributed by atoms with E-state index in [0.29, 0.717) is 0 Å². The second-order valence-corrected chi connectivity index (χ2v) is 1.38. The number of hydrogen-bond acceptors (Lipinski definition) is 2. The highest BCUT2D eigenvalue weighted by atomic mass is 15.4. The Labute approximate surface area is 37.2 Å². The minimum Gasteiger partial charge on any atom is -0.319 e. The summed E-state index contributed by atoms with van der Waals surface area (Å²) < 4.78 is 0. The quantitative estimate of drug-likeness (QED) is 0.424. The minimum absolute atomic E-state index is 0.931. The van der Waals surface area contributed by atoms with Crippen molar-refractivity contribution >= 4 is 0 Å². The van der Waals surface area contributed by atoms with E-state index < -0.39 is 0 Å². The monoisotopic (exact) mass is 83.1 g/mol. The fourth-order valence-corrected chi connectivity index (χ4v) is 0.372. The Morgan fingerprint density at radius 2 is 2.67 bits per heavy atom. The zero-order valence-electron chi connectivity index (χ0n) is 3.71. The van der Waals surface area contributed by atoms with Crippen molar-refractivity contribution in [1.82, 2.24) is 10.9 Å². The molecule has 0 aromatic carbocycles. The van der Waals surface area contributed by atoms with E-state index in [9.17, 15) is 0 Å². The molecular formula is C4H7N2. The molecule has 0 amide bonds. The molecule has 1 aliphatic rings. The molecule has 0 bridgehead atoms. The standard InChI is InChI=1S/C4H7N2/c1-4-2-5-6-3-4/h5-6H,2H2,1H3. The highest BCUT2D eigenvalue weighted by Crippen LogP contribution is 1.87. The van der Waals surface area contributed by atoms with Gasteiger partial charge in [0.2, 0.25) is 0 Å². The lowest BCUT2D eigenvalue weighted by atomic mass is 10.4. The van der Waals surface area contributed by atoms with Crippen LogP contribution in [0, 0.1) is 6.20 Å². The molecule has 0 aromatic heterocycles. The molecule has 1 rings (SSSR count). The van der Waals surface area contributed by atoms with E-state index >= 15 is 0 Å². The fourth-order valence-electron chi connectivity index (χ4n) is 0.372.